The topological polar surface area (TPSA) is 57.5 Å². The van der Waals surface area contributed by atoms with Crippen LogP contribution in [0.3, 0.4) is 0 Å². The molecule has 0 fully saturated rings. The third kappa shape index (κ3) is 4.10. The van der Waals surface area contributed by atoms with E-state index in [1.54, 1.807) is 24.3 Å². The van der Waals surface area contributed by atoms with Crippen molar-refractivity contribution in [2.75, 3.05) is 0 Å². The number of benzene rings is 1. The predicted octanol–water partition coefficient (Wildman–Crippen LogP) is 3.89. The van der Waals surface area contributed by atoms with Gasteiger partial charge in [0, 0.05) is 5.56 Å². The molecule has 0 saturated heterocycles. The molecule has 0 saturated carbocycles. The summed E-state index contributed by atoms with van der Waals surface area (Å²) in [6, 6.07) is 4.97. The van der Waals surface area contributed by atoms with E-state index >= 15 is 0 Å². The monoisotopic (exact) mass is 288 g/mol. The van der Waals surface area contributed by atoms with Crippen LogP contribution in [0.25, 0.3) is 6.08 Å². The fourth-order valence-corrected chi connectivity index (χ4v) is 1.82. The largest absolute Gasteiger partial charge is 0.399 e. The van der Waals surface area contributed by atoms with Gasteiger partial charge in [0.2, 0.25) is 0 Å². The van der Waals surface area contributed by atoms with Crippen molar-refractivity contribution < 1.29 is 23.1 Å². The van der Waals surface area contributed by atoms with Gasteiger partial charge in [0.1, 0.15) is 0 Å². The van der Waals surface area contributed by atoms with Crippen LogP contribution in [0.5, 0.6) is 0 Å². The Morgan fingerprint density at radius 1 is 1.32 bits per heavy atom. The van der Waals surface area contributed by atoms with E-state index in [2.05, 4.69) is 0 Å². The maximum absolute atomic E-state index is 13.5. The van der Waals surface area contributed by atoms with Crippen molar-refractivity contribution in [3.05, 3.63) is 53.1 Å². The fourth-order valence-electron chi connectivity index (χ4n) is 1.35. The molecule has 1 rings (SSSR count). The first-order valence-electron chi connectivity index (χ1n) is 5.50. The summed E-state index contributed by atoms with van der Waals surface area (Å²) in [6.45, 7) is 3.78. The first-order chi connectivity index (χ1) is 8.64. The molecule has 0 aliphatic carbocycles. The minimum Gasteiger partial charge on any atom is -0.320 e. The van der Waals surface area contributed by atoms with Gasteiger partial charge >= 0.3 is 13.3 Å². The summed E-state index contributed by atoms with van der Waals surface area (Å²) >= 11 is 0. The van der Waals surface area contributed by atoms with Crippen LogP contribution in [0.4, 0.5) is 8.78 Å². The molecule has 0 aliphatic heterocycles. The lowest BCUT2D eigenvalue weighted by atomic mass is 10.1. The lowest BCUT2D eigenvalue weighted by Gasteiger charge is -2.18. The highest BCUT2D eigenvalue weighted by Gasteiger charge is 2.50. The smallest absolute Gasteiger partial charge is 0.320 e. The third-order valence-corrected chi connectivity index (χ3v) is 3.31. The second-order valence-electron chi connectivity index (χ2n) is 4.31. The van der Waals surface area contributed by atoms with E-state index in [0.717, 1.165) is 17.7 Å². The summed E-state index contributed by atoms with van der Waals surface area (Å²) in [6.07, 6.45) is 5.07. The molecular weight excluding hydrogens is 273 g/mol. The molecule has 19 heavy (non-hydrogen) atoms. The van der Waals surface area contributed by atoms with E-state index < -0.39 is 18.8 Å². The van der Waals surface area contributed by atoms with Gasteiger partial charge in [0.25, 0.3) is 0 Å². The Morgan fingerprint density at radius 3 is 2.47 bits per heavy atom. The fraction of sp³-hybridized carbons (Fsp3) is 0.231. The van der Waals surface area contributed by atoms with E-state index in [9.17, 15) is 13.3 Å². The first-order valence-corrected chi connectivity index (χ1v) is 7.11. The molecule has 2 N–H and O–H groups in total. The molecule has 6 heteroatoms. The molecule has 104 valence electrons. The van der Waals surface area contributed by atoms with Gasteiger partial charge in [-0.15, -0.1) is 0 Å². The Bertz CT molecular complexity index is 555. The van der Waals surface area contributed by atoms with Gasteiger partial charge in [-0.1, -0.05) is 42.0 Å². The van der Waals surface area contributed by atoms with Gasteiger partial charge in [-0.05, 0) is 25.5 Å². The summed E-state index contributed by atoms with van der Waals surface area (Å²) in [5.74, 6) is 0. The van der Waals surface area contributed by atoms with Gasteiger partial charge < -0.3 is 9.79 Å². The Kier molecular flexibility index (Phi) is 4.80. The van der Waals surface area contributed by atoms with Crippen LogP contribution in [0.2, 0.25) is 0 Å². The molecule has 0 amide bonds. The van der Waals surface area contributed by atoms with Crippen molar-refractivity contribution in [1.29, 1.82) is 0 Å². The molecular formula is C13H15F2O3P. The van der Waals surface area contributed by atoms with Crippen molar-refractivity contribution in [1.82, 2.24) is 0 Å². The summed E-state index contributed by atoms with van der Waals surface area (Å²) in [5, 5.41) is 0. The van der Waals surface area contributed by atoms with Crippen molar-refractivity contribution in [2.24, 2.45) is 0 Å². The maximum Gasteiger partial charge on any atom is 0.399 e. The normalized spacial score (nSPS) is 12.7. The zero-order valence-corrected chi connectivity index (χ0v) is 11.4. The molecule has 0 spiro atoms. The molecule has 0 unspecified atom stereocenters. The average Bonchev–Trinajstić information content (AvgIpc) is 2.27. The van der Waals surface area contributed by atoms with Crippen LogP contribution in [0, 0.1) is 0 Å². The molecule has 3 nitrogen and oxygen atoms in total. The molecule has 1 aromatic rings. The Morgan fingerprint density at radius 2 is 1.95 bits per heavy atom. The van der Waals surface area contributed by atoms with Crippen molar-refractivity contribution in [3.63, 3.8) is 0 Å². The van der Waals surface area contributed by atoms with E-state index in [1.165, 1.54) is 6.07 Å². The molecule has 0 aliphatic rings. The number of hydrogen-bond acceptors (Lipinski definition) is 1. The van der Waals surface area contributed by atoms with E-state index in [4.69, 9.17) is 9.79 Å². The van der Waals surface area contributed by atoms with Gasteiger partial charge in [0.15, 0.2) is 0 Å². The Balaban J connectivity index is 3.11. The summed E-state index contributed by atoms with van der Waals surface area (Å²) in [4.78, 5) is 17.3. The minimum absolute atomic E-state index is 0.447. The van der Waals surface area contributed by atoms with E-state index in [0.29, 0.717) is 5.56 Å². The molecule has 0 radical (unpaired) electrons. The zero-order chi connectivity index (χ0) is 14.7. The number of allylic oxidation sites excluding steroid dienone is 3. The molecule has 0 heterocycles. The second-order valence-corrected chi connectivity index (χ2v) is 5.96. The van der Waals surface area contributed by atoms with Gasteiger partial charge in [0.05, 0.1) is 0 Å². The SMILES string of the molecule is CC(C)=C/C=C\c1cccc(C(F)(F)P(=O)(O)O)c1. The quantitative estimate of drug-likeness (QED) is 0.652. The molecule has 0 aromatic heterocycles. The van der Waals surface area contributed by atoms with Gasteiger partial charge in [-0.3, -0.25) is 4.57 Å². The Labute approximate surface area is 110 Å². The maximum atomic E-state index is 13.5. The summed E-state index contributed by atoms with van der Waals surface area (Å²) in [7, 11) is -5.52. The highest BCUT2D eigenvalue weighted by Crippen LogP contribution is 2.59. The van der Waals surface area contributed by atoms with Gasteiger partial charge in [-0.2, -0.15) is 8.78 Å². The van der Waals surface area contributed by atoms with Crippen molar-refractivity contribution >= 4 is 13.7 Å². The number of alkyl halides is 2. The molecule has 0 atom stereocenters. The lowest BCUT2D eigenvalue weighted by molar-refractivity contribution is 0.0564. The second kappa shape index (κ2) is 5.78. The predicted molar refractivity (Wildman–Crippen MR) is 70.8 cm³/mol. The number of rotatable bonds is 4. The van der Waals surface area contributed by atoms with Crippen LogP contribution >= 0.6 is 7.60 Å². The van der Waals surface area contributed by atoms with Crippen LogP contribution in [0.1, 0.15) is 25.0 Å². The zero-order valence-electron chi connectivity index (χ0n) is 10.5. The van der Waals surface area contributed by atoms with E-state index in [-0.39, 0.29) is 0 Å². The Hall–Kier alpha value is -1.29. The summed E-state index contributed by atoms with van der Waals surface area (Å²) in [5.41, 5.74) is -3.37. The van der Waals surface area contributed by atoms with Crippen LogP contribution < -0.4 is 0 Å². The van der Waals surface area contributed by atoms with Crippen LogP contribution in [-0.2, 0) is 10.2 Å². The standard InChI is InChI=1S/C13H15F2O3P/c1-10(2)5-3-6-11-7-4-8-12(9-11)13(14,15)19(16,17)18/h3-9H,1-2H3,(H2,16,17,18)/b6-3-. The van der Waals surface area contributed by atoms with Crippen LogP contribution in [0.15, 0.2) is 42.0 Å². The minimum atomic E-state index is -5.52. The summed E-state index contributed by atoms with van der Waals surface area (Å²) < 4.78 is 37.8. The van der Waals surface area contributed by atoms with Crippen molar-refractivity contribution in [3.8, 4) is 0 Å². The van der Waals surface area contributed by atoms with Crippen LogP contribution in [-0.4, -0.2) is 9.79 Å². The van der Waals surface area contributed by atoms with Crippen molar-refractivity contribution in [2.45, 2.75) is 19.5 Å². The first kappa shape index (κ1) is 15.8. The lowest BCUT2D eigenvalue weighted by Crippen LogP contribution is -2.13. The molecule has 1 aromatic carbocycles. The van der Waals surface area contributed by atoms with E-state index in [1.807, 2.05) is 13.8 Å². The number of halogens is 2. The highest BCUT2D eigenvalue weighted by atomic mass is 31.2. The highest BCUT2D eigenvalue weighted by molar-refractivity contribution is 7.52. The van der Waals surface area contributed by atoms with Gasteiger partial charge in [-0.25, -0.2) is 0 Å². The molecule has 0 bridgehead atoms. The third-order valence-electron chi connectivity index (χ3n) is 2.32. The average molecular weight is 288 g/mol. The number of hydrogen-bond donors (Lipinski definition) is 2.